The second-order valence-electron chi connectivity index (χ2n) is 5.36. The number of aryl methyl sites for hydroxylation is 2. The van der Waals surface area contributed by atoms with Crippen molar-refractivity contribution in [2.45, 2.75) is 39.8 Å². The van der Waals surface area contributed by atoms with Crippen LogP contribution in [0.1, 0.15) is 30.8 Å². The summed E-state index contributed by atoms with van der Waals surface area (Å²) >= 11 is 0. The summed E-state index contributed by atoms with van der Waals surface area (Å²) in [6.45, 7) is 7.22. The van der Waals surface area contributed by atoms with Gasteiger partial charge in [-0.1, -0.05) is 6.92 Å². The van der Waals surface area contributed by atoms with Gasteiger partial charge in [-0.15, -0.1) is 0 Å². The van der Waals surface area contributed by atoms with E-state index in [4.69, 9.17) is 5.73 Å². The fraction of sp³-hybridized carbons (Fsp3) is 0.438. The van der Waals surface area contributed by atoms with Gasteiger partial charge in [-0.05, 0) is 49.6 Å². The number of aromatic nitrogens is 2. The third kappa shape index (κ3) is 2.26. The van der Waals surface area contributed by atoms with Crippen LogP contribution in [0.3, 0.4) is 0 Å². The summed E-state index contributed by atoms with van der Waals surface area (Å²) < 4.78 is 2.12. The van der Waals surface area contributed by atoms with Crippen molar-refractivity contribution >= 4 is 11.4 Å². The topological polar surface area (TPSA) is 47.1 Å². The van der Waals surface area contributed by atoms with E-state index in [1.807, 2.05) is 6.07 Å². The molecule has 4 nitrogen and oxygen atoms in total. The zero-order chi connectivity index (χ0) is 14.1. The Morgan fingerprint density at radius 1 is 1.25 bits per heavy atom. The molecular formula is C16H22N4. The van der Waals surface area contributed by atoms with E-state index < -0.39 is 0 Å². The lowest BCUT2D eigenvalue weighted by molar-refractivity contribution is 0.606. The molecule has 2 heterocycles. The number of anilines is 2. The molecule has 1 aliphatic heterocycles. The first kappa shape index (κ1) is 13.0. The maximum Gasteiger partial charge on any atom is 0.0625 e. The molecule has 2 aromatic rings. The van der Waals surface area contributed by atoms with Gasteiger partial charge >= 0.3 is 0 Å². The van der Waals surface area contributed by atoms with Crippen LogP contribution in [0.5, 0.6) is 0 Å². The molecule has 0 saturated heterocycles. The monoisotopic (exact) mass is 270 g/mol. The summed E-state index contributed by atoms with van der Waals surface area (Å²) in [5.74, 6) is 0. The SMILES string of the molecule is CCc1cc(CN2CCc3cc(N)ccc32)n(CC)n1. The first-order chi connectivity index (χ1) is 9.71. The van der Waals surface area contributed by atoms with Gasteiger partial charge in [0.25, 0.3) is 0 Å². The molecule has 1 aliphatic rings. The molecular weight excluding hydrogens is 248 g/mol. The summed E-state index contributed by atoms with van der Waals surface area (Å²) in [5.41, 5.74) is 11.9. The van der Waals surface area contributed by atoms with Crippen molar-refractivity contribution in [2.75, 3.05) is 17.2 Å². The Bertz CT molecular complexity index is 615. The van der Waals surface area contributed by atoms with Crippen LogP contribution in [0.15, 0.2) is 24.3 Å². The van der Waals surface area contributed by atoms with E-state index in [0.29, 0.717) is 0 Å². The number of nitrogen functional groups attached to an aromatic ring is 1. The van der Waals surface area contributed by atoms with Crippen LogP contribution in [-0.2, 0) is 25.9 Å². The van der Waals surface area contributed by atoms with Gasteiger partial charge in [0.15, 0.2) is 0 Å². The van der Waals surface area contributed by atoms with E-state index in [2.05, 4.69) is 46.7 Å². The Morgan fingerprint density at radius 3 is 2.85 bits per heavy atom. The molecule has 0 fully saturated rings. The van der Waals surface area contributed by atoms with Crippen LogP contribution in [0.4, 0.5) is 11.4 Å². The highest BCUT2D eigenvalue weighted by atomic mass is 15.3. The molecule has 0 unspecified atom stereocenters. The average molecular weight is 270 g/mol. The molecule has 0 spiro atoms. The molecule has 0 bridgehead atoms. The number of fused-ring (bicyclic) bond motifs is 1. The first-order valence-electron chi connectivity index (χ1n) is 7.40. The summed E-state index contributed by atoms with van der Waals surface area (Å²) in [6.07, 6.45) is 2.08. The third-order valence-electron chi connectivity index (χ3n) is 4.02. The van der Waals surface area contributed by atoms with Crippen molar-refractivity contribution in [3.8, 4) is 0 Å². The lowest BCUT2D eigenvalue weighted by Gasteiger charge is -2.19. The van der Waals surface area contributed by atoms with Crippen molar-refractivity contribution in [1.29, 1.82) is 0 Å². The molecule has 0 atom stereocenters. The highest BCUT2D eigenvalue weighted by Gasteiger charge is 2.20. The van der Waals surface area contributed by atoms with Gasteiger partial charge in [0.05, 0.1) is 17.9 Å². The van der Waals surface area contributed by atoms with E-state index in [1.54, 1.807) is 0 Å². The minimum absolute atomic E-state index is 0.859. The van der Waals surface area contributed by atoms with Crippen LogP contribution in [-0.4, -0.2) is 16.3 Å². The lowest BCUT2D eigenvalue weighted by atomic mass is 10.1. The number of benzene rings is 1. The molecule has 20 heavy (non-hydrogen) atoms. The molecule has 0 aliphatic carbocycles. The molecule has 3 rings (SSSR count). The van der Waals surface area contributed by atoms with E-state index >= 15 is 0 Å². The molecule has 0 radical (unpaired) electrons. The minimum Gasteiger partial charge on any atom is -0.399 e. The van der Waals surface area contributed by atoms with Gasteiger partial charge in [-0.2, -0.15) is 5.10 Å². The molecule has 1 aromatic heterocycles. The average Bonchev–Trinajstić information content (AvgIpc) is 3.03. The quantitative estimate of drug-likeness (QED) is 0.869. The molecule has 106 valence electrons. The fourth-order valence-corrected chi connectivity index (χ4v) is 2.94. The van der Waals surface area contributed by atoms with E-state index in [1.165, 1.54) is 22.6 Å². The van der Waals surface area contributed by atoms with Crippen molar-refractivity contribution < 1.29 is 0 Å². The van der Waals surface area contributed by atoms with Crippen LogP contribution >= 0.6 is 0 Å². The predicted octanol–water partition coefficient (Wildman–Crippen LogP) is 2.61. The predicted molar refractivity (Wildman–Crippen MR) is 82.9 cm³/mol. The summed E-state index contributed by atoms with van der Waals surface area (Å²) in [4.78, 5) is 2.43. The van der Waals surface area contributed by atoms with Crippen molar-refractivity contribution in [3.63, 3.8) is 0 Å². The zero-order valence-corrected chi connectivity index (χ0v) is 12.3. The molecule has 0 saturated carbocycles. The van der Waals surface area contributed by atoms with Gasteiger partial charge in [0.1, 0.15) is 0 Å². The molecule has 0 amide bonds. The smallest absolute Gasteiger partial charge is 0.0625 e. The van der Waals surface area contributed by atoms with Gasteiger partial charge < -0.3 is 10.6 Å². The van der Waals surface area contributed by atoms with Gasteiger partial charge in [0.2, 0.25) is 0 Å². The maximum atomic E-state index is 5.86. The van der Waals surface area contributed by atoms with E-state index in [-0.39, 0.29) is 0 Å². The van der Waals surface area contributed by atoms with Crippen molar-refractivity contribution in [3.05, 3.63) is 41.2 Å². The number of rotatable bonds is 4. The molecule has 2 N–H and O–H groups in total. The summed E-state index contributed by atoms with van der Waals surface area (Å²) in [7, 11) is 0. The normalized spacial score (nSPS) is 13.8. The van der Waals surface area contributed by atoms with Crippen molar-refractivity contribution in [1.82, 2.24) is 9.78 Å². The van der Waals surface area contributed by atoms with Gasteiger partial charge in [0, 0.05) is 24.5 Å². The molecule has 4 heteroatoms. The van der Waals surface area contributed by atoms with Gasteiger partial charge in [-0.25, -0.2) is 0 Å². The third-order valence-corrected chi connectivity index (χ3v) is 4.02. The zero-order valence-electron chi connectivity index (χ0n) is 12.3. The first-order valence-corrected chi connectivity index (χ1v) is 7.40. The number of nitrogens with zero attached hydrogens (tertiary/aromatic N) is 3. The Labute approximate surface area is 120 Å². The number of nitrogens with two attached hydrogens (primary N) is 1. The van der Waals surface area contributed by atoms with Crippen molar-refractivity contribution in [2.24, 2.45) is 0 Å². The highest BCUT2D eigenvalue weighted by molar-refractivity contribution is 5.63. The minimum atomic E-state index is 0.859. The Morgan fingerprint density at radius 2 is 2.10 bits per heavy atom. The lowest BCUT2D eigenvalue weighted by Crippen LogP contribution is -2.21. The van der Waals surface area contributed by atoms with E-state index in [0.717, 1.165) is 38.2 Å². The Hall–Kier alpha value is -1.97. The number of hydrogen-bond acceptors (Lipinski definition) is 3. The second-order valence-corrected chi connectivity index (χ2v) is 5.36. The Kier molecular flexibility index (Phi) is 3.38. The van der Waals surface area contributed by atoms with Crippen LogP contribution in [0.25, 0.3) is 0 Å². The van der Waals surface area contributed by atoms with Gasteiger partial charge in [-0.3, -0.25) is 4.68 Å². The van der Waals surface area contributed by atoms with Crippen LogP contribution < -0.4 is 10.6 Å². The second kappa shape index (κ2) is 5.19. The molecule has 1 aromatic carbocycles. The highest BCUT2D eigenvalue weighted by Crippen LogP contribution is 2.30. The maximum absolute atomic E-state index is 5.86. The standard InChI is InChI=1S/C16H22N4/c1-3-14-10-15(20(4-2)18-14)11-19-8-7-12-9-13(17)5-6-16(12)19/h5-6,9-10H,3-4,7-8,11,17H2,1-2H3. The number of hydrogen-bond donors (Lipinski definition) is 1. The largest absolute Gasteiger partial charge is 0.399 e. The summed E-state index contributed by atoms with van der Waals surface area (Å²) in [5, 5.41) is 4.63. The van der Waals surface area contributed by atoms with Crippen LogP contribution in [0, 0.1) is 0 Å². The van der Waals surface area contributed by atoms with Crippen LogP contribution in [0.2, 0.25) is 0 Å². The fourth-order valence-electron chi connectivity index (χ4n) is 2.94. The van der Waals surface area contributed by atoms with E-state index in [9.17, 15) is 0 Å². The Balaban J connectivity index is 1.85. The summed E-state index contributed by atoms with van der Waals surface area (Å²) in [6, 6.07) is 8.47.